The second-order valence-electron chi connectivity index (χ2n) is 9.58. The quantitative estimate of drug-likeness (QED) is 0.397. The molecule has 3 N–H and O–H groups in total. The zero-order valence-electron chi connectivity index (χ0n) is 20.9. The number of carboxylic acid groups (broad SMARTS) is 1. The SMILES string of the molecule is Nc1nc2cccc(-c3ccc(C(=O)N4CCC(COc5cccnc5)CC4)cc3)n2n1.O=C(O)C1CC1. The van der Waals surface area contributed by atoms with E-state index in [0.717, 1.165) is 55.8 Å². The molecule has 10 heteroatoms. The number of carboxylic acids is 1. The molecule has 3 aromatic heterocycles. The lowest BCUT2D eigenvalue weighted by Crippen LogP contribution is -2.39. The lowest BCUT2D eigenvalue weighted by atomic mass is 9.97. The molecule has 10 nitrogen and oxygen atoms in total. The van der Waals surface area contributed by atoms with Crippen molar-refractivity contribution in [3.8, 4) is 17.0 Å². The number of ether oxygens (including phenoxy) is 1. The van der Waals surface area contributed by atoms with Crippen LogP contribution in [0.15, 0.2) is 67.0 Å². The predicted octanol–water partition coefficient (Wildman–Crippen LogP) is 3.79. The summed E-state index contributed by atoms with van der Waals surface area (Å²) >= 11 is 0. The molecule has 0 radical (unpaired) electrons. The highest BCUT2D eigenvalue weighted by molar-refractivity contribution is 5.94. The number of likely N-dealkylation sites (tertiary alicyclic amines) is 1. The molecule has 4 aromatic rings. The molecule has 4 heterocycles. The normalized spacial score (nSPS) is 15.5. The number of carbonyl (C=O) groups excluding carboxylic acids is 1. The summed E-state index contributed by atoms with van der Waals surface area (Å²) in [7, 11) is 0. The van der Waals surface area contributed by atoms with Gasteiger partial charge in [-0.2, -0.15) is 4.98 Å². The Labute approximate surface area is 220 Å². The van der Waals surface area contributed by atoms with Gasteiger partial charge in [0.25, 0.3) is 5.91 Å². The molecular formula is C28H30N6O4. The Morgan fingerprint density at radius 3 is 2.39 bits per heavy atom. The van der Waals surface area contributed by atoms with E-state index in [1.165, 1.54) is 0 Å². The van der Waals surface area contributed by atoms with Gasteiger partial charge in [-0.25, -0.2) is 4.52 Å². The van der Waals surface area contributed by atoms with E-state index in [4.69, 9.17) is 15.6 Å². The minimum absolute atomic E-state index is 0.0185. The number of fused-ring (bicyclic) bond motifs is 1. The molecule has 0 bridgehead atoms. The number of pyridine rings is 2. The third kappa shape index (κ3) is 6.08. The minimum Gasteiger partial charge on any atom is -0.492 e. The Hall–Kier alpha value is -4.47. The first kappa shape index (κ1) is 25.2. The van der Waals surface area contributed by atoms with Crippen molar-refractivity contribution in [1.29, 1.82) is 0 Å². The van der Waals surface area contributed by atoms with Gasteiger partial charge in [0.05, 0.1) is 24.4 Å². The molecule has 1 saturated carbocycles. The van der Waals surface area contributed by atoms with Gasteiger partial charge in [0.1, 0.15) is 5.75 Å². The van der Waals surface area contributed by atoms with Gasteiger partial charge >= 0.3 is 5.97 Å². The summed E-state index contributed by atoms with van der Waals surface area (Å²) in [5.41, 5.74) is 8.94. The van der Waals surface area contributed by atoms with Crippen molar-refractivity contribution in [3.05, 3.63) is 72.6 Å². The number of anilines is 1. The third-order valence-corrected chi connectivity index (χ3v) is 6.75. The maximum Gasteiger partial charge on any atom is 0.306 e. The number of nitrogens with zero attached hydrogens (tertiary/aromatic N) is 5. The van der Waals surface area contributed by atoms with Crippen molar-refractivity contribution < 1.29 is 19.4 Å². The number of amides is 1. The maximum absolute atomic E-state index is 13.0. The number of carbonyl (C=O) groups is 2. The van der Waals surface area contributed by atoms with Crippen molar-refractivity contribution in [2.45, 2.75) is 25.7 Å². The molecule has 2 fully saturated rings. The van der Waals surface area contributed by atoms with E-state index >= 15 is 0 Å². The molecule has 38 heavy (non-hydrogen) atoms. The van der Waals surface area contributed by atoms with E-state index < -0.39 is 5.97 Å². The Morgan fingerprint density at radius 2 is 1.76 bits per heavy atom. The number of nitrogen functional groups attached to an aromatic ring is 1. The Kier molecular flexibility index (Phi) is 7.48. The van der Waals surface area contributed by atoms with Crippen LogP contribution in [0.25, 0.3) is 16.9 Å². The van der Waals surface area contributed by atoms with E-state index in [0.29, 0.717) is 23.7 Å². The average molecular weight is 515 g/mol. The maximum atomic E-state index is 13.0. The number of rotatable bonds is 6. The summed E-state index contributed by atoms with van der Waals surface area (Å²) in [5, 5.41) is 12.3. The Morgan fingerprint density at radius 1 is 1.00 bits per heavy atom. The Bertz CT molecular complexity index is 1390. The molecule has 1 amide bonds. The predicted molar refractivity (Wildman–Crippen MR) is 142 cm³/mol. The summed E-state index contributed by atoms with van der Waals surface area (Å²) in [4.78, 5) is 32.9. The van der Waals surface area contributed by atoms with Gasteiger partial charge in [-0.05, 0) is 68.0 Å². The molecule has 1 aliphatic carbocycles. The molecule has 1 aromatic carbocycles. The molecule has 1 aliphatic heterocycles. The summed E-state index contributed by atoms with van der Waals surface area (Å²) in [5.74, 6) is 0.914. The monoisotopic (exact) mass is 514 g/mol. The number of aliphatic carboxylic acids is 1. The molecule has 6 rings (SSSR count). The van der Waals surface area contributed by atoms with Gasteiger partial charge in [0.15, 0.2) is 5.65 Å². The van der Waals surface area contributed by atoms with Gasteiger partial charge in [-0.15, -0.1) is 5.10 Å². The lowest BCUT2D eigenvalue weighted by Gasteiger charge is -2.32. The standard InChI is InChI=1S/C24H24N6O2.C4H6O2/c25-24-27-22-5-1-4-21(30(22)28-24)18-6-8-19(9-7-18)23(31)29-13-10-17(11-14-29)16-32-20-3-2-12-26-15-20;5-4(6)3-1-2-3/h1-9,12,15,17H,10-11,13-14,16H2,(H2,25,28);3H,1-2H2,(H,5,6). The summed E-state index contributed by atoms with van der Waals surface area (Å²) < 4.78 is 7.54. The molecule has 196 valence electrons. The third-order valence-electron chi connectivity index (χ3n) is 6.75. The molecule has 2 aliphatic rings. The number of benzene rings is 1. The zero-order chi connectivity index (χ0) is 26.5. The van der Waals surface area contributed by atoms with Crippen LogP contribution in [0, 0.1) is 11.8 Å². The van der Waals surface area contributed by atoms with Crippen molar-refractivity contribution in [2.75, 3.05) is 25.4 Å². The second kappa shape index (κ2) is 11.3. The molecule has 1 saturated heterocycles. The van der Waals surface area contributed by atoms with E-state index in [2.05, 4.69) is 15.1 Å². The summed E-state index contributed by atoms with van der Waals surface area (Å²) in [6.07, 6.45) is 7.11. The fraction of sp³-hybridized carbons (Fsp3) is 0.321. The van der Waals surface area contributed by atoms with Crippen LogP contribution in [0.1, 0.15) is 36.0 Å². The fourth-order valence-corrected chi connectivity index (χ4v) is 4.39. The molecule has 0 spiro atoms. The van der Waals surface area contributed by atoms with E-state index in [1.54, 1.807) is 16.9 Å². The van der Waals surface area contributed by atoms with Gasteiger partial charge in [0, 0.05) is 30.4 Å². The van der Waals surface area contributed by atoms with Crippen LogP contribution >= 0.6 is 0 Å². The zero-order valence-corrected chi connectivity index (χ0v) is 20.9. The topological polar surface area (TPSA) is 136 Å². The summed E-state index contributed by atoms with van der Waals surface area (Å²) in [6.45, 7) is 2.12. The van der Waals surface area contributed by atoms with Gasteiger partial charge in [0.2, 0.25) is 5.95 Å². The second-order valence-corrected chi connectivity index (χ2v) is 9.58. The van der Waals surface area contributed by atoms with Crippen LogP contribution in [0.5, 0.6) is 5.75 Å². The van der Waals surface area contributed by atoms with Crippen molar-refractivity contribution >= 4 is 23.5 Å². The van der Waals surface area contributed by atoms with Crippen LogP contribution in [-0.2, 0) is 4.79 Å². The first-order valence-electron chi connectivity index (χ1n) is 12.7. The van der Waals surface area contributed by atoms with Crippen LogP contribution in [0.4, 0.5) is 5.95 Å². The number of hydrogen-bond donors (Lipinski definition) is 2. The highest BCUT2D eigenvalue weighted by Crippen LogP contribution is 2.28. The van der Waals surface area contributed by atoms with Crippen molar-refractivity contribution in [1.82, 2.24) is 24.5 Å². The fourth-order valence-electron chi connectivity index (χ4n) is 4.39. The van der Waals surface area contributed by atoms with E-state index in [9.17, 15) is 9.59 Å². The number of hydrogen-bond acceptors (Lipinski definition) is 7. The lowest BCUT2D eigenvalue weighted by molar-refractivity contribution is -0.138. The smallest absolute Gasteiger partial charge is 0.306 e. The van der Waals surface area contributed by atoms with Gasteiger partial charge in [-0.1, -0.05) is 18.2 Å². The van der Waals surface area contributed by atoms with Crippen LogP contribution in [0.3, 0.4) is 0 Å². The largest absolute Gasteiger partial charge is 0.492 e. The van der Waals surface area contributed by atoms with Crippen LogP contribution < -0.4 is 10.5 Å². The molecule has 0 atom stereocenters. The number of nitrogens with two attached hydrogens (primary N) is 1. The first-order valence-corrected chi connectivity index (χ1v) is 12.7. The minimum atomic E-state index is -0.630. The number of aromatic nitrogens is 4. The first-order chi connectivity index (χ1) is 18.5. The van der Waals surface area contributed by atoms with Crippen LogP contribution in [0.2, 0.25) is 0 Å². The number of piperidine rings is 1. The highest BCUT2D eigenvalue weighted by Gasteiger charge is 2.28. The van der Waals surface area contributed by atoms with E-state index in [1.807, 2.05) is 59.5 Å². The van der Waals surface area contributed by atoms with E-state index in [-0.39, 0.29) is 17.8 Å². The summed E-state index contributed by atoms with van der Waals surface area (Å²) in [6, 6.07) is 17.1. The van der Waals surface area contributed by atoms with Gasteiger partial charge < -0.3 is 20.5 Å². The van der Waals surface area contributed by atoms with Crippen LogP contribution in [-0.4, -0.2) is 61.2 Å². The Balaban J connectivity index is 0.000000433. The van der Waals surface area contributed by atoms with Crippen molar-refractivity contribution in [2.24, 2.45) is 11.8 Å². The molecular weight excluding hydrogens is 484 g/mol. The molecule has 0 unspecified atom stereocenters. The average Bonchev–Trinajstić information content (AvgIpc) is 3.74. The van der Waals surface area contributed by atoms with Crippen molar-refractivity contribution in [3.63, 3.8) is 0 Å². The van der Waals surface area contributed by atoms with Gasteiger partial charge in [-0.3, -0.25) is 14.6 Å². The highest BCUT2D eigenvalue weighted by atomic mass is 16.5.